The Bertz CT molecular complexity index is 1920. The Morgan fingerprint density at radius 2 is 1.47 bits per heavy atom. The predicted octanol–water partition coefficient (Wildman–Crippen LogP) is 7.34. The first-order valence-corrected chi connectivity index (χ1v) is 22.2. The summed E-state index contributed by atoms with van der Waals surface area (Å²) >= 11 is 12.7. The molecule has 1 fully saturated rings. The second kappa shape index (κ2) is 17.3. The molecule has 0 N–H and O–H groups in total. The molecule has 0 radical (unpaired) electrons. The number of hydrogen-bond acceptors (Lipinski definition) is 7. The highest BCUT2D eigenvalue weighted by molar-refractivity contribution is 7.91. The van der Waals surface area contributed by atoms with E-state index in [-0.39, 0.29) is 29.6 Å². The Morgan fingerprint density at radius 1 is 0.868 bits per heavy atom. The summed E-state index contributed by atoms with van der Waals surface area (Å²) in [5.41, 5.74) is 1.36. The zero-order chi connectivity index (χ0) is 38.4. The average molecular weight is 797 g/mol. The highest BCUT2D eigenvalue weighted by Crippen LogP contribution is 2.45. The van der Waals surface area contributed by atoms with Crippen LogP contribution < -0.4 is 10.4 Å². The number of benzene rings is 4. The third kappa shape index (κ3) is 9.24. The average Bonchev–Trinajstić information content (AvgIpc) is 3.13. The van der Waals surface area contributed by atoms with Crippen LogP contribution in [-0.4, -0.2) is 70.9 Å². The van der Waals surface area contributed by atoms with Crippen LogP contribution in [-0.2, 0) is 33.3 Å². The quantitative estimate of drug-likeness (QED) is 0.0974. The van der Waals surface area contributed by atoms with Gasteiger partial charge in [0.25, 0.3) is 14.2 Å². The van der Waals surface area contributed by atoms with Crippen molar-refractivity contribution in [2.24, 2.45) is 0 Å². The Labute approximate surface area is 324 Å². The molecule has 0 bridgehead atoms. The van der Waals surface area contributed by atoms with Gasteiger partial charge in [-0.15, -0.1) is 0 Å². The Morgan fingerprint density at radius 3 is 2.00 bits per heavy atom. The highest BCUT2D eigenvalue weighted by atomic mass is 35.5. The van der Waals surface area contributed by atoms with Gasteiger partial charge in [0.15, 0.2) is 9.84 Å². The lowest BCUT2D eigenvalue weighted by Gasteiger charge is -2.48. The molecule has 1 heterocycles. The van der Waals surface area contributed by atoms with Crippen molar-refractivity contribution in [1.82, 2.24) is 4.90 Å². The summed E-state index contributed by atoms with van der Waals surface area (Å²) in [5.74, 6) is -1.70. The van der Waals surface area contributed by atoms with Gasteiger partial charge in [0.2, 0.25) is 0 Å². The summed E-state index contributed by atoms with van der Waals surface area (Å²) in [6, 6.07) is 32.7. The summed E-state index contributed by atoms with van der Waals surface area (Å²) in [7, 11) is -5.56. The molecule has 0 saturated carbocycles. The molecule has 0 aromatic heterocycles. The van der Waals surface area contributed by atoms with E-state index in [1.807, 2.05) is 49.4 Å². The second-order valence-electron chi connectivity index (χ2n) is 14.3. The van der Waals surface area contributed by atoms with E-state index >= 15 is 0 Å². The maximum absolute atomic E-state index is 14.5. The van der Waals surface area contributed by atoms with E-state index in [0.29, 0.717) is 27.6 Å². The smallest absolute Gasteiger partial charge is 0.308 e. The van der Waals surface area contributed by atoms with Gasteiger partial charge in [0.1, 0.15) is 12.2 Å². The first-order valence-electron chi connectivity index (χ1n) is 17.7. The molecule has 8 nitrogen and oxygen atoms in total. The molecule has 282 valence electrons. The van der Waals surface area contributed by atoms with Crippen LogP contribution in [0.4, 0.5) is 0 Å². The number of nitrogens with zero attached hydrogens (tertiary/aromatic N) is 1. The molecule has 0 spiro atoms. The third-order valence-corrected chi connectivity index (χ3v) is 17.0. The summed E-state index contributed by atoms with van der Waals surface area (Å²) in [5, 5.41) is 2.74. The van der Waals surface area contributed by atoms with Crippen LogP contribution in [0.2, 0.25) is 15.1 Å². The van der Waals surface area contributed by atoms with E-state index < -0.39 is 54.3 Å². The normalized spacial score (nSPS) is 18.8. The molecule has 0 aliphatic carbocycles. The number of carbonyl (C=O) groups is 2. The SMILES string of the molecule is CC[C@@H](CS(=O)(=O)CCO[Si](c1ccccc1)(c1ccccc1)C(C)(C)C)N1C(=O)[C@@H](CC(=O)OC)O[C@H](c2cccc(Cl)c2)[C@H]1c1ccc(Cl)cc1. The standard InChI is InChI=1S/C41H47Cl2NO7SSi/c1-6-33(28-52(47,48)25-24-50-53(41(2,3)4,34-16-9-7-10-17-34)35-18-11-8-12-19-35)44-38(29-20-22-31(42)23-21-29)39(30-14-13-15-32(43)26-30)51-36(40(44)46)27-37(45)49-5/h7-23,26,33,36,38-39H,6,24-25,27-28H2,1-5H3/t33-,36+,38+,39+/m0/s1. The molecule has 4 aromatic carbocycles. The predicted molar refractivity (Wildman–Crippen MR) is 213 cm³/mol. The number of methoxy groups -OCH3 is 1. The summed E-state index contributed by atoms with van der Waals surface area (Å²) in [6.07, 6.45) is -2.04. The van der Waals surface area contributed by atoms with Gasteiger partial charge in [-0.3, -0.25) is 9.59 Å². The number of amides is 1. The van der Waals surface area contributed by atoms with Crippen molar-refractivity contribution >= 4 is 63.6 Å². The summed E-state index contributed by atoms with van der Waals surface area (Å²) < 4.78 is 46.7. The first-order chi connectivity index (χ1) is 25.2. The van der Waals surface area contributed by atoms with Crippen molar-refractivity contribution < 1.29 is 31.9 Å². The van der Waals surface area contributed by atoms with E-state index in [1.54, 1.807) is 47.4 Å². The number of rotatable bonds is 14. The molecule has 1 saturated heterocycles. The van der Waals surface area contributed by atoms with Crippen molar-refractivity contribution in [3.05, 3.63) is 130 Å². The van der Waals surface area contributed by atoms with Gasteiger partial charge in [-0.25, -0.2) is 8.42 Å². The second-order valence-corrected chi connectivity index (χ2v) is 21.7. The van der Waals surface area contributed by atoms with Gasteiger partial charge in [-0.05, 0) is 57.2 Å². The van der Waals surface area contributed by atoms with Gasteiger partial charge in [-0.1, -0.05) is 136 Å². The van der Waals surface area contributed by atoms with Crippen molar-refractivity contribution in [3.63, 3.8) is 0 Å². The Hall–Kier alpha value is -3.51. The molecular weight excluding hydrogens is 750 g/mol. The molecule has 1 amide bonds. The molecule has 0 unspecified atom stereocenters. The molecule has 53 heavy (non-hydrogen) atoms. The van der Waals surface area contributed by atoms with Crippen molar-refractivity contribution in [3.8, 4) is 0 Å². The number of halogens is 2. The van der Waals surface area contributed by atoms with Crippen LogP contribution >= 0.6 is 23.2 Å². The summed E-state index contributed by atoms with van der Waals surface area (Å²) in [4.78, 5) is 28.6. The fourth-order valence-corrected chi connectivity index (χ4v) is 13.9. The lowest BCUT2D eigenvalue weighted by Crippen LogP contribution is -2.66. The van der Waals surface area contributed by atoms with Crippen LogP contribution in [0.15, 0.2) is 109 Å². The lowest BCUT2D eigenvalue weighted by atomic mass is 9.89. The molecule has 1 aliphatic heterocycles. The molecule has 1 aliphatic rings. The molecule has 4 aromatic rings. The fourth-order valence-electron chi connectivity index (χ4n) is 7.33. The number of hydrogen-bond donors (Lipinski definition) is 0. The number of carbonyl (C=O) groups excluding carboxylic acids is 2. The number of esters is 1. The van der Waals surface area contributed by atoms with E-state index in [9.17, 15) is 18.0 Å². The largest absolute Gasteiger partial charge is 0.469 e. The molecule has 5 rings (SSSR count). The van der Waals surface area contributed by atoms with Crippen molar-refractivity contribution in [1.29, 1.82) is 0 Å². The molecule has 12 heteroatoms. The number of ether oxygens (including phenoxy) is 2. The zero-order valence-corrected chi connectivity index (χ0v) is 34.0. The number of morpholine rings is 1. The van der Waals surface area contributed by atoms with Gasteiger partial charge < -0.3 is 18.8 Å². The van der Waals surface area contributed by atoms with Crippen LogP contribution in [0, 0.1) is 0 Å². The van der Waals surface area contributed by atoms with Crippen molar-refractivity contribution in [2.75, 3.05) is 25.2 Å². The Balaban J connectivity index is 1.50. The summed E-state index contributed by atoms with van der Waals surface area (Å²) in [6.45, 7) is 8.25. The van der Waals surface area contributed by atoms with Crippen LogP contribution in [0.1, 0.15) is 63.8 Å². The van der Waals surface area contributed by atoms with Crippen molar-refractivity contribution in [2.45, 2.75) is 69.9 Å². The van der Waals surface area contributed by atoms with Crippen LogP contribution in [0.5, 0.6) is 0 Å². The van der Waals surface area contributed by atoms with E-state index in [0.717, 1.165) is 10.4 Å². The minimum atomic E-state index is -3.82. The van der Waals surface area contributed by atoms with Gasteiger partial charge in [0.05, 0.1) is 31.1 Å². The maximum Gasteiger partial charge on any atom is 0.308 e. The minimum absolute atomic E-state index is 0.0280. The van der Waals surface area contributed by atoms with E-state index in [4.69, 9.17) is 37.1 Å². The van der Waals surface area contributed by atoms with E-state index in [1.165, 1.54) is 7.11 Å². The minimum Gasteiger partial charge on any atom is -0.469 e. The van der Waals surface area contributed by atoms with Gasteiger partial charge in [0, 0.05) is 22.7 Å². The topological polar surface area (TPSA) is 99.2 Å². The Kier molecular flexibility index (Phi) is 13.3. The first kappa shape index (κ1) is 40.7. The lowest BCUT2D eigenvalue weighted by molar-refractivity contribution is -0.183. The monoisotopic (exact) mass is 795 g/mol. The fraction of sp³-hybridized carbons (Fsp3) is 0.366. The zero-order valence-electron chi connectivity index (χ0n) is 30.7. The number of sulfone groups is 1. The van der Waals surface area contributed by atoms with Gasteiger partial charge >= 0.3 is 5.97 Å². The third-order valence-electron chi connectivity index (χ3n) is 9.84. The van der Waals surface area contributed by atoms with Gasteiger partial charge in [-0.2, -0.15) is 0 Å². The maximum atomic E-state index is 14.5. The van der Waals surface area contributed by atoms with Crippen LogP contribution in [0.25, 0.3) is 0 Å². The van der Waals surface area contributed by atoms with E-state index in [2.05, 4.69) is 45.0 Å². The highest BCUT2D eigenvalue weighted by Gasteiger charge is 2.51. The molecular formula is C41H47Cl2NO7SSi. The molecule has 4 atom stereocenters. The van der Waals surface area contributed by atoms with Crippen LogP contribution in [0.3, 0.4) is 0 Å².